The molecule has 0 spiro atoms. The number of carbonyl (C=O) groups excluding carboxylic acids is 6. The first-order valence-corrected chi connectivity index (χ1v) is 20.5. The number of fused-ring (bicyclic) bond motifs is 3. The number of nitrogens with one attached hydrogen (secondary N) is 2. The van der Waals surface area contributed by atoms with Crippen molar-refractivity contribution in [3.8, 4) is 5.75 Å². The molecule has 5 aliphatic heterocycles. The third-order valence-electron chi connectivity index (χ3n) is 12.3. The number of piperidine rings is 3. The summed E-state index contributed by atoms with van der Waals surface area (Å²) in [6.45, 7) is 10.6. The quantitative estimate of drug-likeness (QED) is 0.235. The number of benzene rings is 2. The van der Waals surface area contributed by atoms with E-state index >= 15 is 0 Å². The fourth-order valence-electron chi connectivity index (χ4n) is 9.23. The van der Waals surface area contributed by atoms with Gasteiger partial charge in [0.1, 0.15) is 17.4 Å². The summed E-state index contributed by atoms with van der Waals surface area (Å²) in [5.74, 6) is -1.43. The van der Waals surface area contributed by atoms with E-state index in [4.69, 9.17) is 4.74 Å². The second-order valence-electron chi connectivity index (χ2n) is 16.7. The van der Waals surface area contributed by atoms with E-state index < -0.39 is 29.7 Å². The van der Waals surface area contributed by atoms with Crippen LogP contribution in [0.25, 0.3) is 5.65 Å². The largest absolute Gasteiger partial charge is 0.489 e. The number of aromatic nitrogens is 3. The molecule has 4 aromatic rings. The third-order valence-corrected chi connectivity index (χ3v) is 12.3. The Morgan fingerprint density at radius 3 is 2.41 bits per heavy atom. The second kappa shape index (κ2) is 15.2. The van der Waals surface area contributed by atoms with Crippen LogP contribution < -0.4 is 20.3 Å². The average Bonchev–Trinajstić information content (AvgIpc) is 3.86. The molecule has 0 radical (unpaired) electrons. The highest BCUT2D eigenvalue weighted by molar-refractivity contribution is 6.23. The lowest BCUT2D eigenvalue weighted by Crippen LogP contribution is -2.54. The summed E-state index contributed by atoms with van der Waals surface area (Å²) in [4.78, 5) is 90.1. The molecule has 1 atom stereocenters. The van der Waals surface area contributed by atoms with Crippen molar-refractivity contribution in [2.24, 2.45) is 5.92 Å². The van der Waals surface area contributed by atoms with Crippen LogP contribution in [0.4, 0.5) is 11.4 Å². The molecule has 2 aromatic carbocycles. The number of amides is 6. The standard InChI is InChI=1S/C43H47N9O7/c1-24(2)59-36-18-31-27(16-34(36)46-39(54)33-20-45-51-21-25(3)19-44-38(33)51)23-50(41(31)56)28-10-12-48(13-11-28)22-26-8-14-49(15-9-26)29-4-5-30-32(17-29)43(58)52(42(30)57)35-6-7-37(53)47-40(35)55/h4-5,16-21,24,26,28,35H,6-15,22-23H2,1-3H3,(H,46,54)(H,47,53,55). The van der Waals surface area contributed by atoms with Crippen molar-refractivity contribution in [3.05, 3.63) is 82.3 Å². The summed E-state index contributed by atoms with van der Waals surface area (Å²) in [5, 5.41) is 9.54. The predicted molar refractivity (Wildman–Crippen MR) is 215 cm³/mol. The minimum atomic E-state index is -0.984. The van der Waals surface area contributed by atoms with Crippen LogP contribution in [-0.4, -0.2) is 116 Å². The first-order valence-electron chi connectivity index (χ1n) is 20.5. The maximum absolute atomic E-state index is 13.9. The Morgan fingerprint density at radius 1 is 0.898 bits per heavy atom. The van der Waals surface area contributed by atoms with Crippen molar-refractivity contribution < 1.29 is 33.5 Å². The van der Waals surface area contributed by atoms with Gasteiger partial charge in [-0.1, -0.05) is 0 Å². The van der Waals surface area contributed by atoms with Crippen LogP contribution in [0.3, 0.4) is 0 Å². The van der Waals surface area contributed by atoms with Crippen LogP contribution >= 0.6 is 0 Å². The number of anilines is 2. The summed E-state index contributed by atoms with van der Waals surface area (Å²) >= 11 is 0. The number of hydrogen-bond donors (Lipinski definition) is 2. The van der Waals surface area contributed by atoms with E-state index in [1.165, 1.54) is 6.20 Å². The van der Waals surface area contributed by atoms with E-state index in [0.717, 1.165) is 80.1 Å². The van der Waals surface area contributed by atoms with Crippen molar-refractivity contribution in [1.29, 1.82) is 0 Å². The van der Waals surface area contributed by atoms with E-state index in [0.29, 0.717) is 46.2 Å². The Kier molecular flexibility index (Phi) is 9.89. The Morgan fingerprint density at radius 2 is 1.66 bits per heavy atom. The molecular formula is C43H47N9O7. The van der Waals surface area contributed by atoms with Crippen LogP contribution in [0.15, 0.2) is 48.9 Å². The highest BCUT2D eigenvalue weighted by Crippen LogP contribution is 2.38. The Balaban J connectivity index is 0.787. The number of ether oxygens (including phenoxy) is 1. The molecule has 16 heteroatoms. The summed E-state index contributed by atoms with van der Waals surface area (Å²) in [7, 11) is 0. The Bertz CT molecular complexity index is 2410. The first kappa shape index (κ1) is 38.4. The lowest BCUT2D eigenvalue weighted by molar-refractivity contribution is -0.136. The Hall–Kier alpha value is -6.16. The van der Waals surface area contributed by atoms with Gasteiger partial charge in [-0.15, -0.1) is 0 Å². The van der Waals surface area contributed by atoms with Crippen LogP contribution in [0, 0.1) is 12.8 Å². The molecular weight excluding hydrogens is 755 g/mol. The van der Waals surface area contributed by atoms with Gasteiger partial charge in [0.2, 0.25) is 11.8 Å². The maximum Gasteiger partial charge on any atom is 0.262 e. The zero-order chi connectivity index (χ0) is 41.1. The molecule has 0 saturated carbocycles. The zero-order valence-electron chi connectivity index (χ0n) is 33.4. The van der Waals surface area contributed by atoms with Gasteiger partial charge in [0.25, 0.3) is 23.6 Å². The number of carbonyl (C=O) groups is 6. The van der Waals surface area contributed by atoms with E-state index in [-0.39, 0.29) is 42.4 Å². The molecule has 1 unspecified atom stereocenters. The molecule has 9 rings (SSSR count). The molecule has 306 valence electrons. The van der Waals surface area contributed by atoms with Crippen molar-refractivity contribution in [2.45, 2.75) is 84.0 Å². The molecule has 5 aliphatic rings. The van der Waals surface area contributed by atoms with Gasteiger partial charge in [0.05, 0.1) is 29.1 Å². The number of hydrogen-bond acceptors (Lipinski definition) is 11. The van der Waals surface area contributed by atoms with E-state index in [2.05, 4.69) is 30.5 Å². The number of aryl methyl sites for hydroxylation is 1. The van der Waals surface area contributed by atoms with E-state index in [1.54, 1.807) is 28.9 Å². The van der Waals surface area contributed by atoms with Gasteiger partial charge in [-0.2, -0.15) is 5.10 Å². The molecule has 3 fully saturated rings. The van der Waals surface area contributed by atoms with Crippen molar-refractivity contribution >= 4 is 52.5 Å². The maximum atomic E-state index is 13.9. The molecule has 3 saturated heterocycles. The number of likely N-dealkylation sites (tertiary alicyclic amines) is 1. The Labute approximate surface area is 340 Å². The summed E-state index contributed by atoms with van der Waals surface area (Å²) in [6, 6.07) is 8.07. The van der Waals surface area contributed by atoms with Crippen molar-refractivity contribution in [1.82, 2.24) is 34.6 Å². The topological polar surface area (TPSA) is 179 Å². The average molecular weight is 802 g/mol. The molecule has 6 amide bonds. The van der Waals surface area contributed by atoms with Gasteiger partial charge in [0, 0.05) is 75.4 Å². The van der Waals surface area contributed by atoms with Crippen molar-refractivity contribution in [3.63, 3.8) is 0 Å². The molecule has 0 aliphatic carbocycles. The molecule has 7 heterocycles. The predicted octanol–water partition coefficient (Wildman–Crippen LogP) is 3.82. The second-order valence-corrected chi connectivity index (χ2v) is 16.7. The van der Waals surface area contributed by atoms with Crippen LogP contribution in [-0.2, 0) is 16.1 Å². The zero-order valence-corrected chi connectivity index (χ0v) is 33.4. The molecule has 2 aromatic heterocycles. The highest BCUT2D eigenvalue weighted by Gasteiger charge is 2.45. The third kappa shape index (κ3) is 7.19. The molecule has 59 heavy (non-hydrogen) atoms. The molecule has 16 nitrogen and oxygen atoms in total. The summed E-state index contributed by atoms with van der Waals surface area (Å²) < 4.78 is 7.70. The lowest BCUT2D eigenvalue weighted by Gasteiger charge is -2.40. The van der Waals surface area contributed by atoms with Crippen LogP contribution in [0.2, 0.25) is 0 Å². The normalized spacial score (nSPS) is 20.5. The van der Waals surface area contributed by atoms with Gasteiger partial charge in [-0.25, -0.2) is 9.50 Å². The van der Waals surface area contributed by atoms with Gasteiger partial charge in [0.15, 0.2) is 5.65 Å². The van der Waals surface area contributed by atoms with Crippen molar-refractivity contribution in [2.75, 3.05) is 42.9 Å². The van der Waals surface area contributed by atoms with Gasteiger partial charge in [-0.05, 0) is 100 Å². The SMILES string of the molecule is Cc1cnc2c(C(=O)Nc3cc4c(cc3OC(C)C)C(=O)N(C3CCN(CC5CCN(c6ccc7c(c6)C(=O)N(C6CCC(=O)NC6=O)C7=O)CC5)CC3)C4)cnn2c1. The fourth-order valence-corrected chi connectivity index (χ4v) is 9.23. The molecule has 0 bridgehead atoms. The molecule has 2 N–H and O–H groups in total. The van der Waals surface area contributed by atoms with Gasteiger partial charge < -0.3 is 24.8 Å². The first-order chi connectivity index (χ1) is 28.4. The van der Waals surface area contributed by atoms with Gasteiger partial charge in [-0.3, -0.25) is 39.0 Å². The van der Waals surface area contributed by atoms with Crippen LogP contribution in [0.1, 0.15) is 105 Å². The minimum Gasteiger partial charge on any atom is -0.489 e. The number of imide groups is 2. The smallest absolute Gasteiger partial charge is 0.262 e. The van der Waals surface area contributed by atoms with Crippen LogP contribution in [0.5, 0.6) is 5.75 Å². The number of nitrogens with zero attached hydrogens (tertiary/aromatic N) is 7. The summed E-state index contributed by atoms with van der Waals surface area (Å²) in [6.07, 6.45) is 8.76. The highest BCUT2D eigenvalue weighted by atomic mass is 16.5. The minimum absolute atomic E-state index is 0.0131. The fraction of sp³-hybridized carbons (Fsp3) is 0.442. The lowest BCUT2D eigenvalue weighted by atomic mass is 9.94. The van der Waals surface area contributed by atoms with E-state index in [1.807, 2.05) is 44.0 Å². The number of rotatable bonds is 9. The van der Waals surface area contributed by atoms with Gasteiger partial charge >= 0.3 is 0 Å². The van der Waals surface area contributed by atoms with E-state index in [9.17, 15) is 28.8 Å². The summed E-state index contributed by atoms with van der Waals surface area (Å²) in [5.41, 5.74) is 5.14. The monoisotopic (exact) mass is 801 g/mol.